The number of hydrogen-bond acceptors (Lipinski definition) is 14. The van der Waals surface area contributed by atoms with Gasteiger partial charge in [-0.25, -0.2) is 10.2 Å². The van der Waals surface area contributed by atoms with Gasteiger partial charge in [0.05, 0.1) is 33.2 Å². The van der Waals surface area contributed by atoms with E-state index in [2.05, 4.69) is 45.2 Å². The number of rotatable bonds is 10. The largest absolute Gasteiger partial charge is 0.505 e. The number of benzene rings is 4. The number of fused-ring (bicyclic) bond motifs is 1. The fourth-order valence-electron chi connectivity index (χ4n) is 4.26. The van der Waals surface area contributed by atoms with Crippen molar-refractivity contribution in [3.63, 3.8) is 0 Å². The molecule has 0 atom stereocenters. The molecule has 5 rings (SSSR count). The Morgan fingerprint density at radius 1 is 0.933 bits per heavy atom. The van der Waals surface area contributed by atoms with E-state index in [1.165, 1.54) is 18.2 Å². The van der Waals surface area contributed by atoms with E-state index in [-0.39, 0.29) is 38.6 Å². The van der Waals surface area contributed by atoms with E-state index >= 15 is 0 Å². The van der Waals surface area contributed by atoms with E-state index in [4.69, 9.17) is 5.26 Å². The molecule has 0 radical (unpaired) electrons. The molecule has 45 heavy (non-hydrogen) atoms. The highest BCUT2D eigenvalue weighted by molar-refractivity contribution is 7.94. The Balaban J connectivity index is 1.58. The summed E-state index contributed by atoms with van der Waals surface area (Å²) in [6, 6.07) is 18.3. The third kappa shape index (κ3) is 7.55. The summed E-state index contributed by atoms with van der Waals surface area (Å²) in [5.41, 5.74) is 0.744. The first-order valence-corrected chi connectivity index (χ1v) is 15.0. The van der Waals surface area contributed by atoms with Crippen molar-refractivity contribution in [2.75, 3.05) is 10.6 Å². The third-order valence-electron chi connectivity index (χ3n) is 6.09. The van der Waals surface area contributed by atoms with Gasteiger partial charge in [-0.15, -0.1) is 9.45 Å². The molecular weight excluding hydrogens is 626 g/mol. The van der Waals surface area contributed by atoms with Crippen molar-refractivity contribution in [3.8, 4) is 5.75 Å². The van der Waals surface area contributed by atoms with Gasteiger partial charge in [-0.1, -0.05) is 29.3 Å². The van der Waals surface area contributed by atoms with Gasteiger partial charge in [-0.3, -0.25) is 9.35 Å². The lowest BCUT2D eigenvalue weighted by Crippen LogP contribution is -2.13. The van der Waals surface area contributed by atoms with Crippen LogP contribution in [0, 0.1) is 13.8 Å². The first kappa shape index (κ1) is 31.4. The number of amides is 1. The molecule has 0 aliphatic rings. The molecule has 4 aromatic carbocycles. The van der Waals surface area contributed by atoms with Crippen LogP contribution in [0.25, 0.3) is 10.8 Å². The van der Waals surface area contributed by atoms with Crippen molar-refractivity contribution >= 4 is 67.5 Å². The minimum Gasteiger partial charge on any atom is -0.505 e. The van der Waals surface area contributed by atoms with Crippen LogP contribution < -0.4 is 10.6 Å². The summed E-state index contributed by atoms with van der Waals surface area (Å²) in [6.07, 6.45) is 0. The number of carbonyl (C=O) groups excluding carboxylic acids is 1. The maximum Gasteiger partial charge on any atom is 0.294 e. The minimum absolute atomic E-state index is 0.0301. The zero-order chi connectivity index (χ0) is 32.1. The fraction of sp³-hybridized carbons (Fsp3) is 0.0714. The molecular formula is C28H23N7O8S2. The Labute approximate surface area is 259 Å². The first-order chi connectivity index (χ1) is 21.5. The molecule has 5 N–H and O–H groups in total. The van der Waals surface area contributed by atoms with Crippen LogP contribution in [-0.4, -0.2) is 44.2 Å². The molecule has 230 valence electrons. The molecule has 15 nitrogen and oxygen atoms in total. The lowest BCUT2D eigenvalue weighted by atomic mass is 10.1. The average Bonchev–Trinajstić information content (AvgIpc) is 2.99. The van der Waals surface area contributed by atoms with Gasteiger partial charge in [0.15, 0.2) is 5.75 Å². The number of phenols is 1. The summed E-state index contributed by atoms with van der Waals surface area (Å²) in [5.74, 6) is 0.0749. The second kappa shape index (κ2) is 13.3. The Bertz CT molecular complexity index is 2020. The van der Waals surface area contributed by atoms with Gasteiger partial charge in [0.1, 0.15) is 17.3 Å². The number of aryl methyl sites for hydroxylation is 2. The molecule has 0 aliphatic heterocycles. The molecule has 0 fully saturated rings. The van der Waals surface area contributed by atoms with Crippen LogP contribution in [0.4, 0.5) is 28.7 Å². The van der Waals surface area contributed by atoms with E-state index < -0.39 is 26.7 Å². The number of nitrogens with one attached hydrogen (secondary N) is 2. The van der Waals surface area contributed by atoms with Gasteiger partial charge in [0.2, 0.25) is 5.95 Å². The van der Waals surface area contributed by atoms with Crippen LogP contribution in [0.3, 0.4) is 0 Å². The highest BCUT2D eigenvalue weighted by Gasteiger charge is 2.23. The molecule has 5 aromatic rings. The fourth-order valence-corrected chi connectivity index (χ4v) is 5.29. The second-order valence-electron chi connectivity index (χ2n) is 9.29. The Morgan fingerprint density at radius 2 is 1.67 bits per heavy atom. The highest BCUT2D eigenvalue weighted by Crippen LogP contribution is 2.47. The molecule has 0 bridgehead atoms. The van der Waals surface area contributed by atoms with Crippen molar-refractivity contribution in [1.29, 1.82) is 0 Å². The SMILES string of the molecule is Cc1nc(C)nc(Nc2cccc(C(=O)Nc3cc(S(=O)(=O)O)cc4cc(SOOO)c(/N=N/c5ccccc5)c(O)c34)c2)n1. The molecule has 1 aromatic heterocycles. The van der Waals surface area contributed by atoms with Gasteiger partial charge < -0.3 is 15.7 Å². The normalized spacial score (nSPS) is 11.6. The Hall–Kier alpha value is -5.04. The summed E-state index contributed by atoms with van der Waals surface area (Å²) in [5, 5.41) is 37.7. The van der Waals surface area contributed by atoms with Crippen molar-refractivity contribution in [2.24, 2.45) is 10.2 Å². The number of hydrogen-bond donors (Lipinski definition) is 5. The van der Waals surface area contributed by atoms with Crippen LogP contribution in [-0.2, 0) is 19.5 Å². The molecule has 0 aliphatic carbocycles. The van der Waals surface area contributed by atoms with Gasteiger partial charge in [0.25, 0.3) is 16.0 Å². The molecule has 0 spiro atoms. The van der Waals surface area contributed by atoms with Crippen molar-refractivity contribution in [3.05, 3.63) is 90.0 Å². The molecule has 0 saturated heterocycles. The van der Waals surface area contributed by atoms with E-state index in [0.29, 0.717) is 35.1 Å². The Morgan fingerprint density at radius 3 is 2.36 bits per heavy atom. The molecule has 0 unspecified atom stereocenters. The van der Waals surface area contributed by atoms with Crippen molar-refractivity contribution in [2.45, 2.75) is 23.6 Å². The van der Waals surface area contributed by atoms with Crippen LogP contribution in [0.2, 0.25) is 0 Å². The first-order valence-electron chi connectivity index (χ1n) is 12.8. The average molecular weight is 650 g/mol. The van der Waals surface area contributed by atoms with E-state index in [1.54, 1.807) is 56.3 Å². The van der Waals surface area contributed by atoms with Crippen LogP contribution in [0.1, 0.15) is 22.0 Å². The smallest absolute Gasteiger partial charge is 0.294 e. The lowest BCUT2D eigenvalue weighted by molar-refractivity contribution is -0.432. The van der Waals surface area contributed by atoms with E-state index in [9.17, 15) is 22.9 Å². The van der Waals surface area contributed by atoms with E-state index in [1.807, 2.05) is 0 Å². The van der Waals surface area contributed by atoms with Gasteiger partial charge >= 0.3 is 0 Å². The third-order valence-corrected chi connectivity index (χ3v) is 7.54. The van der Waals surface area contributed by atoms with E-state index in [0.717, 1.165) is 12.1 Å². The highest BCUT2D eigenvalue weighted by atomic mass is 32.2. The molecule has 1 amide bonds. The summed E-state index contributed by atoms with van der Waals surface area (Å²) in [6.45, 7) is 3.43. The number of aromatic hydroxyl groups is 1. The van der Waals surface area contributed by atoms with Gasteiger partial charge in [-0.05, 0) is 67.8 Å². The van der Waals surface area contributed by atoms with Crippen LogP contribution >= 0.6 is 12.0 Å². The Kier molecular flexibility index (Phi) is 9.28. The second-order valence-corrected chi connectivity index (χ2v) is 11.5. The van der Waals surface area contributed by atoms with Crippen LogP contribution in [0.15, 0.2) is 92.8 Å². The topological polar surface area (TPSA) is 218 Å². The predicted octanol–water partition coefficient (Wildman–Crippen LogP) is 6.43. The zero-order valence-corrected chi connectivity index (χ0v) is 25.0. The summed E-state index contributed by atoms with van der Waals surface area (Å²) in [7, 11) is -4.77. The number of anilines is 3. The monoisotopic (exact) mass is 649 g/mol. The maximum absolute atomic E-state index is 13.5. The maximum atomic E-state index is 13.5. The van der Waals surface area contributed by atoms with Crippen LogP contribution in [0.5, 0.6) is 5.75 Å². The van der Waals surface area contributed by atoms with Gasteiger partial charge in [-0.2, -0.15) is 23.5 Å². The number of aromatic nitrogens is 3. The summed E-state index contributed by atoms with van der Waals surface area (Å²) in [4.78, 5) is 25.5. The number of azo groups is 1. The number of nitrogens with zero attached hydrogens (tertiary/aromatic N) is 5. The summed E-state index contributed by atoms with van der Waals surface area (Å²) >= 11 is 0.439. The quantitative estimate of drug-likeness (QED) is 0.0362. The number of carbonyl (C=O) groups is 1. The number of phenolic OH excluding ortho intramolecular Hbond substituents is 1. The lowest BCUT2D eigenvalue weighted by Gasteiger charge is -2.15. The predicted molar refractivity (Wildman–Crippen MR) is 164 cm³/mol. The summed E-state index contributed by atoms with van der Waals surface area (Å²) < 4.78 is 38.7. The minimum atomic E-state index is -4.77. The standard InChI is InChI=1S/C28H23N7O8S2/c1-15-29-16(2)31-28(30-15)32-20-10-6-7-17(11-20)27(37)33-22-14-21(45(39,40)41)12-18-13-23(44-43-42-38)25(26(36)24(18)22)35-34-19-8-4-3-5-9-19/h3-14,36,38H,1-2H3,(H,33,37)(H,39,40,41)(H,29,30,31,32)/b35-34+. The van der Waals surface area contributed by atoms with Crippen molar-refractivity contribution < 1.29 is 37.5 Å². The molecule has 1 heterocycles. The zero-order valence-electron chi connectivity index (χ0n) is 23.4. The van der Waals surface area contributed by atoms with Crippen molar-refractivity contribution in [1.82, 2.24) is 15.0 Å². The van der Waals surface area contributed by atoms with Gasteiger partial charge in [0, 0.05) is 16.6 Å². The molecule has 0 saturated carbocycles. The molecule has 17 heteroatoms.